The molecule has 0 amide bonds. The summed E-state index contributed by atoms with van der Waals surface area (Å²) in [7, 11) is 0. The zero-order valence-corrected chi connectivity index (χ0v) is 5.22. The van der Waals surface area contributed by atoms with Gasteiger partial charge in [-0.1, -0.05) is 11.6 Å². The topological polar surface area (TPSA) is 12.9 Å². The molecular weight excluding hydrogens is 167 g/mol. The lowest BCUT2D eigenvalue weighted by molar-refractivity contribution is 0.477. The van der Waals surface area contributed by atoms with Crippen LogP contribution >= 0.6 is 11.6 Å². The van der Waals surface area contributed by atoms with Crippen molar-refractivity contribution < 1.29 is 13.2 Å². The van der Waals surface area contributed by atoms with E-state index in [1.54, 1.807) is 0 Å². The van der Waals surface area contributed by atoms with E-state index in [1.165, 1.54) is 6.20 Å². The quantitative estimate of drug-likeness (QED) is 0.537. The van der Waals surface area contributed by atoms with Gasteiger partial charge in [0.15, 0.2) is 11.6 Å². The number of hydrogen-bond acceptors (Lipinski definition) is 1. The Morgan fingerprint density at radius 3 is 2.40 bits per heavy atom. The van der Waals surface area contributed by atoms with Gasteiger partial charge in [-0.25, -0.2) is 13.8 Å². The van der Waals surface area contributed by atoms with Crippen LogP contribution in [0.15, 0.2) is 0 Å². The van der Waals surface area contributed by atoms with Crippen LogP contribution in [0, 0.1) is 23.8 Å². The van der Waals surface area contributed by atoms with E-state index in [0.29, 0.717) is 0 Å². The maximum absolute atomic E-state index is 12.2. The van der Waals surface area contributed by atoms with Gasteiger partial charge >= 0.3 is 0 Å². The summed E-state index contributed by atoms with van der Waals surface area (Å²) < 4.78 is 36.3. The van der Waals surface area contributed by atoms with E-state index in [0.717, 1.165) is 0 Å². The Morgan fingerprint density at radius 1 is 1.30 bits per heavy atom. The van der Waals surface area contributed by atoms with Gasteiger partial charge in [-0.15, -0.1) is 0 Å². The highest BCUT2D eigenvalue weighted by molar-refractivity contribution is 6.30. The fraction of sp³-hybridized carbons (Fsp3) is 0. The van der Waals surface area contributed by atoms with Crippen LogP contribution in [0.2, 0.25) is 5.02 Å². The zero-order chi connectivity index (χ0) is 7.72. The maximum atomic E-state index is 12.2. The van der Waals surface area contributed by atoms with Crippen molar-refractivity contribution in [3.05, 3.63) is 28.8 Å². The van der Waals surface area contributed by atoms with E-state index in [2.05, 4.69) is 4.98 Å². The molecule has 1 aromatic rings. The standard InChI is InChI=1S/C5ClF3N/c6-3-4(8)2(7)1-10-5(3)9. The molecule has 0 saturated carbocycles. The molecule has 0 spiro atoms. The predicted octanol–water partition coefficient (Wildman–Crippen LogP) is 1.95. The lowest BCUT2D eigenvalue weighted by Crippen LogP contribution is -1.92. The van der Waals surface area contributed by atoms with Crippen molar-refractivity contribution in [1.29, 1.82) is 0 Å². The Morgan fingerprint density at radius 2 is 1.90 bits per heavy atom. The smallest absolute Gasteiger partial charge is 0.213 e. The van der Waals surface area contributed by atoms with Crippen molar-refractivity contribution in [2.24, 2.45) is 0 Å². The zero-order valence-electron chi connectivity index (χ0n) is 4.46. The molecule has 1 aromatic heterocycles. The normalized spacial score (nSPS) is 10.0. The van der Waals surface area contributed by atoms with Crippen LogP contribution in [0.5, 0.6) is 0 Å². The van der Waals surface area contributed by atoms with Gasteiger partial charge < -0.3 is 0 Å². The van der Waals surface area contributed by atoms with Crippen LogP contribution < -0.4 is 0 Å². The van der Waals surface area contributed by atoms with Crippen LogP contribution in [0.25, 0.3) is 0 Å². The number of hydrogen-bond donors (Lipinski definition) is 0. The van der Waals surface area contributed by atoms with Crippen molar-refractivity contribution in [3.63, 3.8) is 0 Å². The van der Waals surface area contributed by atoms with Crippen molar-refractivity contribution in [2.45, 2.75) is 0 Å². The van der Waals surface area contributed by atoms with Crippen molar-refractivity contribution in [2.75, 3.05) is 0 Å². The SMILES string of the molecule is Fc1[c]nc(F)c(Cl)c1F. The summed E-state index contributed by atoms with van der Waals surface area (Å²) in [4.78, 5) is 2.70. The predicted molar refractivity (Wildman–Crippen MR) is 28.0 cm³/mol. The molecule has 0 aromatic carbocycles. The lowest BCUT2D eigenvalue weighted by Gasteiger charge is -1.93. The van der Waals surface area contributed by atoms with Crippen LogP contribution in [-0.4, -0.2) is 4.98 Å². The fourth-order valence-corrected chi connectivity index (χ4v) is 0.508. The third-order valence-electron chi connectivity index (χ3n) is 0.819. The molecule has 1 nitrogen and oxygen atoms in total. The molecule has 1 radical (unpaired) electrons. The summed E-state index contributed by atoms with van der Waals surface area (Å²) in [5.74, 6) is -4.11. The van der Waals surface area contributed by atoms with Gasteiger partial charge in [0.1, 0.15) is 11.2 Å². The van der Waals surface area contributed by atoms with Crippen molar-refractivity contribution >= 4 is 11.6 Å². The highest BCUT2D eigenvalue weighted by atomic mass is 35.5. The van der Waals surface area contributed by atoms with Crippen LogP contribution in [0.4, 0.5) is 13.2 Å². The highest BCUT2D eigenvalue weighted by Crippen LogP contribution is 2.17. The fourth-order valence-electron chi connectivity index (χ4n) is 0.383. The molecule has 1 rings (SSSR count). The number of rotatable bonds is 0. The molecule has 53 valence electrons. The van der Waals surface area contributed by atoms with E-state index >= 15 is 0 Å². The monoisotopic (exact) mass is 166 g/mol. The minimum absolute atomic E-state index is 0.948. The Balaban J connectivity index is 3.34. The summed E-state index contributed by atoms with van der Waals surface area (Å²) >= 11 is 4.91. The molecule has 1 heterocycles. The van der Waals surface area contributed by atoms with E-state index in [-0.39, 0.29) is 0 Å². The third-order valence-corrected chi connectivity index (χ3v) is 1.14. The van der Waals surface area contributed by atoms with Gasteiger partial charge in [-0.2, -0.15) is 4.39 Å². The van der Waals surface area contributed by atoms with Gasteiger partial charge in [0, 0.05) is 0 Å². The molecular formula is C5ClF3N. The van der Waals surface area contributed by atoms with E-state index in [4.69, 9.17) is 11.6 Å². The second kappa shape index (κ2) is 2.46. The minimum Gasteiger partial charge on any atom is -0.213 e. The van der Waals surface area contributed by atoms with E-state index in [1.807, 2.05) is 0 Å². The summed E-state index contributed by atoms with van der Waals surface area (Å²) in [6.45, 7) is 0. The molecule has 0 atom stereocenters. The van der Waals surface area contributed by atoms with Crippen molar-refractivity contribution in [3.8, 4) is 0 Å². The van der Waals surface area contributed by atoms with Gasteiger partial charge in [0.05, 0.1) is 0 Å². The molecule has 5 heteroatoms. The Kier molecular flexibility index (Phi) is 1.80. The van der Waals surface area contributed by atoms with Crippen molar-refractivity contribution in [1.82, 2.24) is 4.98 Å². The van der Waals surface area contributed by atoms with E-state index in [9.17, 15) is 13.2 Å². The molecule has 0 saturated heterocycles. The number of pyridine rings is 1. The first kappa shape index (κ1) is 7.34. The first-order chi connectivity index (χ1) is 4.63. The Labute approximate surface area is 59.5 Å². The molecule has 0 N–H and O–H groups in total. The largest absolute Gasteiger partial charge is 0.235 e. The second-order valence-corrected chi connectivity index (χ2v) is 1.83. The van der Waals surface area contributed by atoms with Gasteiger partial charge in [0.2, 0.25) is 5.95 Å². The molecule has 0 fully saturated rings. The average molecular weight is 167 g/mol. The molecule has 0 aliphatic carbocycles. The Bertz CT molecular complexity index is 236. The lowest BCUT2D eigenvalue weighted by atomic mass is 10.4. The van der Waals surface area contributed by atoms with Gasteiger partial charge in [-0.05, 0) is 0 Å². The number of aromatic nitrogens is 1. The molecule has 0 bridgehead atoms. The molecule has 0 unspecified atom stereocenters. The highest BCUT2D eigenvalue weighted by Gasteiger charge is 2.12. The minimum atomic E-state index is -1.46. The number of halogens is 4. The van der Waals surface area contributed by atoms with E-state index < -0.39 is 22.6 Å². The summed E-state index contributed by atoms with van der Waals surface area (Å²) in [6, 6.07) is 0. The molecule has 0 aliphatic rings. The first-order valence-electron chi connectivity index (χ1n) is 2.20. The van der Waals surface area contributed by atoms with Crippen LogP contribution in [-0.2, 0) is 0 Å². The summed E-state index contributed by atoms with van der Waals surface area (Å²) in [5, 5.41) is -0.948. The average Bonchev–Trinajstić information content (AvgIpc) is 1.93. The second-order valence-electron chi connectivity index (χ2n) is 1.46. The van der Waals surface area contributed by atoms with Gasteiger partial charge in [-0.3, -0.25) is 0 Å². The van der Waals surface area contributed by atoms with Gasteiger partial charge in [0.25, 0.3) is 0 Å². The summed E-state index contributed by atoms with van der Waals surface area (Å²) in [5.41, 5.74) is 0. The number of nitrogens with zero attached hydrogens (tertiary/aromatic N) is 1. The summed E-state index contributed by atoms with van der Waals surface area (Å²) in [6.07, 6.45) is 1.46. The van der Waals surface area contributed by atoms with Crippen LogP contribution in [0.1, 0.15) is 0 Å². The maximum Gasteiger partial charge on any atom is 0.235 e. The molecule has 10 heavy (non-hydrogen) atoms. The molecule has 0 aliphatic heterocycles. The first-order valence-corrected chi connectivity index (χ1v) is 2.58. The Hall–Kier alpha value is -0.770. The third kappa shape index (κ3) is 1.07. The van der Waals surface area contributed by atoms with Crippen LogP contribution in [0.3, 0.4) is 0 Å².